The lowest BCUT2D eigenvalue weighted by molar-refractivity contribution is 0.103. The highest BCUT2D eigenvalue weighted by molar-refractivity contribution is 6.07. The van der Waals surface area contributed by atoms with Crippen LogP contribution in [0.25, 0.3) is 5.69 Å². The van der Waals surface area contributed by atoms with Gasteiger partial charge in [0.05, 0.1) is 5.69 Å². The number of aryl methyl sites for hydroxylation is 2. The minimum Gasteiger partial charge on any atom is -0.303 e. The molecule has 3 aromatic rings. The molecule has 0 saturated carbocycles. The zero-order valence-electron chi connectivity index (χ0n) is 12.7. The van der Waals surface area contributed by atoms with Crippen LogP contribution >= 0.6 is 0 Å². The number of ketones is 1. The second-order valence-corrected chi connectivity index (χ2v) is 5.37. The maximum absolute atomic E-state index is 13.4. The topological polar surface area (TPSA) is 34.9 Å². The van der Waals surface area contributed by atoms with Gasteiger partial charge in [0, 0.05) is 17.8 Å². The van der Waals surface area contributed by atoms with Gasteiger partial charge in [-0.1, -0.05) is 29.8 Å². The van der Waals surface area contributed by atoms with Crippen LogP contribution in [0.15, 0.2) is 48.7 Å². The standard InChI is InChI=1S/C18H14F2N2O/c1-11-3-5-13(6-4-11)18(23)17-10-22(12(2)21-17)16-8-14(19)7-15(20)9-16/h3-10H,1-2H3. The van der Waals surface area contributed by atoms with E-state index < -0.39 is 11.6 Å². The summed E-state index contributed by atoms with van der Waals surface area (Å²) in [5.41, 5.74) is 2.09. The summed E-state index contributed by atoms with van der Waals surface area (Å²) in [7, 11) is 0. The van der Waals surface area contributed by atoms with E-state index in [0.29, 0.717) is 11.4 Å². The number of carbonyl (C=O) groups is 1. The molecule has 3 nitrogen and oxygen atoms in total. The van der Waals surface area contributed by atoms with E-state index in [9.17, 15) is 13.6 Å². The summed E-state index contributed by atoms with van der Waals surface area (Å²) in [6, 6.07) is 10.3. The van der Waals surface area contributed by atoms with Crippen LogP contribution in [0.5, 0.6) is 0 Å². The van der Waals surface area contributed by atoms with E-state index >= 15 is 0 Å². The number of carbonyl (C=O) groups excluding carboxylic acids is 1. The van der Waals surface area contributed by atoms with Gasteiger partial charge in [-0.2, -0.15) is 0 Å². The molecular formula is C18H14F2N2O. The third-order valence-electron chi connectivity index (χ3n) is 3.55. The van der Waals surface area contributed by atoms with Gasteiger partial charge in [-0.25, -0.2) is 13.8 Å². The lowest BCUT2D eigenvalue weighted by atomic mass is 10.1. The number of imidazole rings is 1. The molecule has 23 heavy (non-hydrogen) atoms. The smallest absolute Gasteiger partial charge is 0.212 e. The van der Waals surface area contributed by atoms with Gasteiger partial charge in [-0.3, -0.25) is 4.79 Å². The highest BCUT2D eigenvalue weighted by Gasteiger charge is 2.15. The SMILES string of the molecule is Cc1ccc(C(=O)c2cn(-c3cc(F)cc(F)c3)c(C)n2)cc1. The minimum atomic E-state index is -0.681. The summed E-state index contributed by atoms with van der Waals surface area (Å²) in [4.78, 5) is 16.7. The third-order valence-corrected chi connectivity index (χ3v) is 3.55. The van der Waals surface area contributed by atoms with Crippen molar-refractivity contribution in [2.45, 2.75) is 13.8 Å². The summed E-state index contributed by atoms with van der Waals surface area (Å²) < 4.78 is 28.2. The molecule has 0 N–H and O–H groups in total. The van der Waals surface area contributed by atoms with E-state index in [1.54, 1.807) is 19.1 Å². The number of benzene rings is 2. The van der Waals surface area contributed by atoms with Crippen LogP contribution in [0.2, 0.25) is 0 Å². The second kappa shape index (κ2) is 5.76. The van der Waals surface area contributed by atoms with Crippen molar-refractivity contribution in [2.24, 2.45) is 0 Å². The van der Waals surface area contributed by atoms with Crippen LogP contribution in [0.4, 0.5) is 8.78 Å². The molecule has 0 aliphatic rings. The molecule has 0 aliphatic heterocycles. The Hall–Kier alpha value is -2.82. The van der Waals surface area contributed by atoms with Gasteiger partial charge in [-0.05, 0) is 26.0 Å². The van der Waals surface area contributed by atoms with Gasteiger partial charge in [0.2, 0.25) is 5.78 Å². The average molecular weight is 312 g/mol. The largest absolute Gasteiger partial charge is 0.303 e. The van der Waals surface area contributed by atoms with Crippen molar-refractivity contribution in [1.29, 1.82) is 0 Å². The van der Waals surface area contributed by atoms with Crippen molar-refractivity contribution >= 4 is 5.78 Å². The summed E-state index contributed by atoms with van der Waals surface area (Å²) in [5.74, 6) is -1.12. The van der Waals surface area contributed by atoms with Crippen molar-refractivity contribution in [1.82, 2.24) is 9.55 Å². The van der Waals surface area contributed by atoms with Crippen molar-refractivity contribution in [3.63, 3.8) is 0 Å². The van der Waals surface area contributed by atoms with Gasteiger partial charge < -0.3 is 4.57 Å². The van der Waals surface area contributed by atoms with Gasteiger partial charge in [-0.15, -0.1) is 0 Å². The average Bonchev–Trinajstić information content (AvgIpc) is 2.88. The monoisotopic (exact) mass is 312 g/mol. The Morgan fingerprint density at radius 3 is 2.22 bits per heavy atom. The Morgan fingerprint density at radius 2 is 1.61 bits per heavy atom. The lowest BCUT2D eigenvalue weighted by Gasteiger charge is -2.04. The van der Waals surface area contributed by atoms with E-state index in [1.165, 1.54) is 22.9 Å². The molecule has 0 bridgehead atoms. The molecule has 0 spiro atoms. The highest BCUT2D eigenvalue weighted by atomic mass is 19.1. The Kier molecular flexibility index (Phi) is 3.78. The molecule has 1 heterocycles. The van der Waals surface area contributed by atoms with Crippen molar-refractivity contribution in [3.05, 3.63) is 82.9 Å². The number of hydrogen-bond acceptors (Lipinski definition) is 2. The first kappa shape index (κ1) is 15.1. The molecule has 0 saturated heterocycles. The van der Waals surface area contributed by atoms with E-state index in [-0.39, 0.29) is 17.2 Å². The van der Waals surface area contributed by atoms with Crippen LogP contribution in [0, 0.1) is 25.5 Å². The molecule has 116 valence electrons. The lowest BCUT2D eigenvalue weighted by Crippen LogP contribution is -2.01. The maximum Gasteiger partial charge on any atom is 0.212 e. The summed E-state index contributed by atoms with van der Waals surface area (Å²) in [5, 5.41) is 0. The van der Waals surface area contributed by atoms with Crippen LogP contribution in [0.1, 0.15) is 27.4 Å². The van der Waals surface area contributed by atoms with Gasteiger partial charge in [0.1, 0.15) is 23.2 Å². The third kappa shape index (κ3) is 3.04. The van der Waals surface area contributed by atoms with Crippen LogP contribution in [-0.2, 0) is 0 Å². The molecule has 0 fully saturated rings. The summed E-state index contributed by atoms with van der Waals surface area (Å²) >= 11 is 0. The minimum absolute atomic E-state index is 0.232. The Labute approximate surface area is 132 Å². The van der Waals surface area contributed by atoms with E-state index in [4.69, 9.17) is 0 Å². The molecular weight excluding hydrogens is 298 g/mol. The number of halogens is 2. The van der Waals surface area contributed by atoms with Gasteiger partial charge >= 0.3 is 0 Å². The molecule has 3 rings (SSSR count). The molecule has 0 radical (unpaired) electrons. The fraction of sp³-hybridized carbons (Fsp3) is 0.111. The number of rotatable bonds is 3. The Bertz CT molecular complexity index is 862. The van der Waals surface area contributed by atoms with Crippen molar-refractivity contribution in [2.75, 3.05) is 0 Å². The first-order valence-electron chi connectivity index (χ1n) is 7.08. The molecule has 0 aliphatic carbocycles. The predicted molar refractivity (Wildman–Crippen MR) is 82.8 cm³/mol. The van der Waals surface area contributed by atoms with Crippen molar-refractivity contribution < 1.29 is 13.6 Å². The first-order chi connectivity index (χ1) is 10.9. The van der Waals surface area contributed by atoms with Crippen molar-refractivity contribution in [3.8, 4) is 5.69 Å². The van der Waals surface area contributed by atoms with Crippen LogP contribution < -0.4 is 0 Å². The Balaban J connectivity index is 2.00. The normalized spacial score (nSPS) is 10.8. The van der Waals surface area contributed by atoms with Crippen LogP contribution in [-0.4, -0.2) is 15.3 Å². The zero-order chi connectivity index (χ0) is 16.6. The first-order valence-corrected chi connectivity index (χ1v) is 7.08. The molecule has 0 atom stereocenters. The molecule has 2 aromatic carbocycles. The second-order valence-electron chi connectivity index (χ2n) is 5.37. The van der Waals surface area contributed by atoms with E-state index in [1.807, 2.05) is 19.1 Å². The molecule has 5 heteroatoms. The summed E-state index contributed by atoms with van der Waals surface area (Å²) in [6.07, 6.45) is 1.49. The number of aromatic nitrogens is 2. The zero-order valence-corrected chi connectivity index (χ0v) is 12.7. The van der Waals surface area contributed by atoms with E-state index in [0.717, 1.165) is 11.6 Å². The quantitative estimate of drug-likeness (QED) is 0.685. The fourth-order valence-corrected chi connectivity index (χ4v) is 2.37. The highest BCUT2D eigenvalue weighted by Crippen LogP contribution is 2.18. The fourth-order valence-electron chi connectivity index (χ4n) is 2.37. The maximum atomic E-state index is 13.4. The Morgan fingerprint density at radius 1 is 1.00 bits per heavy atom. The number of hydrogen-bond donors (Lipinski definition) is 0. The van der Waals surface area contributed by atoms with Crippen LogP contribution in [0.3, 0.4) is 0 Å². The molecule has 0 amide bonds. The van der Waals surface area contributed by atoms with E-state index in [2.05, 4.69) is 4.98 Å². The molecule has 1 aromatic heterocycles. The summed E-state index contributed by atoms with van der Waals surface area (Å²) in [6.45, 7) is 3.61. The molecule has 0 unspecified atom stereocenters. The number of nitrogens with zero attached hydrogens (tertiary/aromatic N) is 2. The predicted octanol–water partition coefficient (Wildman–Crippen LogP) is 4.00. The van der Waals surface area contributed by atoms with Gasteiger partial charge in [0.25, 0.3) is 0 Å². The van der Waals surface area contributed by atoms with Gasteiger partial charge in [0.15, 0.2) is 0 Å².